The lowest BCUT2D eigenvalue weighted by atomic mass is 10.1. The van der Waals surface area contributed by atoms with Crippen molar-refractivity contribution in [2.75, 3.05) is 13.2 Å². The Morgan fingerprint density at radius 3 is 2.50 bits per heavy atom. The van der Waals surface area contributed by atoms with Crippen molar-refractivity contribution in [1.82, 2.24) is 0 Å². The average molecular weight is 174 g/mol. The SMILES string of the molecule is CC(C)C[C@@H](N)C(=O)OCCN. The number of carbonyl (C=O) groups is 1. The van der Waals surface area contributed by atoms with Crippen LogP contribution >= 0.6 is 0 Å². The fourth-order valence-corrected chi connectivity index (χ4v) is 0.871. The molecule has 0 rings (SSSR count). The second kappa shape index (κ2) is 5.97. The van der Waals surface area contributed by atoms with Crippen molar-refractivity contribution in [2.45, 2.75) is 26.3 Å². The monoisotopic (exact) mass is 174 g/mol. The van der Waals surface area contributed by atoms with Gasteiger partial charge in [0.2, 0.25) is 0 Å². The van der Waals surface area contributed by atoms with E-state index in [0.717, 1.165) is 0 Å². The van der Waals surface area contributed by atoms with E-state index in [1.54, 1.807) is 0 Å². The molecule has 4 heteroatoms. The Morgan fingerprint density at radius 1 is 1.50 bits per heavy atom. The molecule has 0 unspecified atom stereocenters. The minimum Gasteiger partial charge on any atom is -0.463 e. The summed E-state index contributed by atoms with van der Waals surface area (Å²) in [4.78, 5) is 11.0. The maximum Gasteiger partial charge on any atom is 0.322 e. The minimum atomic E-state index is -0.503. The van der Waals surface area contributed by atoms with Gasteiger partial charge in [0.1, 0.15) is 12.6 Å². The van der Waals surface area contributed by atoms with Gasteiger partial charge in [-0.2, -0.15) is 0 Å². The van der Waals surface area contributed by atoms with Crippen LogP contribution in [0, 0.1) is 5.92 Å². The van der Waals surface area contributed by atoms with Gasteiger partial charge in [-0.25, -0.2) is 0 Å². The zero-order chi connectivity index (χ0) is 9.56. The maximum atomic E-state index is 11.0. The van der Waals surface area contributed by atoms with Crippen LogP contribution in [0.3, 0.4) is 0 Å². The molecular weight excluding hydrogens is 156 g/mol. The van der Waals surface area contributed by atoms with Crippen LogP contribution in [-0.4, -0.2) is 25.2 Å². The summed E-state index contributed by atoms with van der Waals surface area (Å²) in [5.41, 5.74) is 10.7. The molecule has 0 bridgehead atoms. The number of ether oxygens (including phenoxy) is 1. The highest BCUT2D eigenvalue weighted by Gasteiger charge is 2.15. The molecule has 0 aliphatic carbocycles. The first-order valence-corrected chi connectivity index (χ1v) is 4.20. The van der Waals surface area contributed by atoms with E-state index < -0.39 is 6.04 Å². The van der Waals surface area contributed by atoms with E-state index in [4.69, 9.17) is 16.2 Å². The molecule has 0 aliphatic heterocycles. The number of nitrogens with two attached hydrogens (primary N) is 2. The van der Waals surface area contributed by atoms with Crippen molar-refractivity contribution >= 4 is 5.97 Å². The van der Waals surface area contributed by atoms with Gasteiger partial charge in [-0.15, -0.1) is 0 Å². The highest BCUT2D eigenvalue weighted by molar-refractivity contribution is 5.75. The third kappa shape index (κ3) is 5.09. The lowest BCUT2D eigenvalue weighted by molar-refractivity contribution is -0.145. The standard InChI is InChI=1S/C8H18N2O2/c1-6(2)5-7(10)8(11)12-4-3-9/h6-7H,3-5,9-10H2,1-2H3/t7-/m1/s1. The van der Waals surface area contributed by atoms with E-state index in [9.17, 15) is 4.79 Å². The first kappa shape index (κ1) is 11.4. The second-order valence-electron chi connectivity index (χ2n) is 3.19. The summed E-state index contributed by atoms with van der Waals surface area (Å²) in [6, 6.07) is -0.503. The van der Waals surface area contributed by atoms with E-state index >= 15 is 0 Å². The van der Waals surface area contributed by atoms with Crippen LogP contribution in [0.5, 0.6) is 0 Å². The highest BCUT2D eigenvalue weighted by atomic mass is 16.5. The Balaban J connectivity index is 3.61. The van der Waals surface area contributed by atoms with Gasteiger partial charge in [0.15, 0.2) is 0 Å². The zero-order valence-corrected chi connectivity index (χ0v) is 7.75. The molecule has 72 valence electrons. The van der Waals surface area contributed by atoms with Crippen LogP contribution in [0.2, 0.25) is 0 Å². The first-order chi connectivity index (χ1) is 5.57. The lowest BCUT2D eigenvalue weighted by Gasteiger charge is -2.12. The lowest BCUT2D eigenvalue weighted by Crippen LogP contribution is -2.34. The third-order valence-electron chi connectivity index (χ3n) is 1.39. The molecule has 0 aliphatic rings. The minimum absolute atomic E-state index is 0.255. The van der Waals surface area contributed by atoms with Crippen molar-refractivity contribution in [3.8, 4) is 0 Å². The number of hydrogen-bond donors (Lipinski definition) is 2. The molecule has 0 saturated heterocycles. The quantitative estimate of drug-likeness (QED) is 0.569. The topological polar surface area (TPSA) is 78.3 Å². The number of rotatable bonds is 5. The van der Waals surface area contributed by atoms with Crippen molar-refractivity contribution in [2.24, 2.45) is 17.4 Å². The van der Waals surface area contributed by atoms with Gasteiger partial charge >= 0.3 is 5.97 Å². The van der Waals surface area contributed by atoms with E-state index in [-0.39, 0.29) is 12.6 Å². The molecule has 1 atom stereocenters. The molecule has 0 fully saturated rings. The molecule has 0 aromatic carbocycles. The Labute approximate surface area is 73.2 Å². The molecule has 0 amide bonds. The molecule has 0 aromatic rings. The fourth-order valence-electron chi connectivity index (χ4n) is 0.871. The van der Waals surface area contributed by atoms with Crippen LogP contribution in [0.25, 0.3) is 0 Å². The summed E-state index contributed by atoms with van der Waals surface area (Å²) in [6.07, 6.45) is 0.656. The normalized spacial score (nSPS) is 13.1. The molecule has 0 heterocycles. The van der Waals surface area contributed by atoms with Gasteiger partial charge in [0.25, 0.3) is 0 Å². The van der Waals surface area contributed by atoms with Crippen molar-refractivity contribution < 1.29 is 9.53 Å². The number of esters is 1. The maximum absolute atomic E-state index is 11.0. The van der Waals surface area contributed by atoms with Gasteiger partial charge in [-0.3, -0.25) is 4.79 Å². The molecule has 0 radical (unpaired) electrons. The van der Waals surface area contributed by atoms with Crippen molar-refractivity contribution in [3.63, 3.8) is 0 Å². The van der Waals surface area contributed by atoms with Crippen LogP contribution in [0.4, 0.5) is 0 Å². The highest BCUT2D eigenvalue weighted by Crippen LogP contribution is 2.03. The fraction of sp³-hybridized carbons (Fsp3) is 0.875. The van der Waals surface area contributed by atoms with Gasteiger partial charge < -0.3 is 16.2 Å². The number of carbonyl (C=O) groups excluding carboxylic acids is 1. The Hall–Kier alpha value is -0.610. The van der Waals surface area contributed by atoms with Crippen LogP contribution in [0.1, 0.15) is 20.3 Å². The summed E-state index contributed by atoms with van der Waals surface area (Å²) >= 11 is 0. The average Bonchev–Trinajstić information content (AvgIpc) is 1.98. The molecule has 0 spiro atoms. The van der Waals surface area contributed by atoms with Gasteiger partial charge in [-0.1, -0.05) is 13.8 Å². The van der Waals surface area contributed by atoms with E-state index in [1.807, 2.05) is 13.8 Å². The number of hydrogen-bond acceptors (Lipinski definition) is 4. The largest absolute Gasteiger partial charge is 0.463 e. The van der Waals surface area contributed by atoms with E-state index in [0.29, 0.717) is 18.9 Å². The van der Waals surface area contributed by atoms with E-state index in [2.05, 4.69) is 0 Å². The van der Waals surface area contributed by atoms with Gasteiger partial charge in [0, 0.05) is 6.54 Å². The summed E-state index contributed by atoms with van der Waals surface area (Å²) in [5, 5.41) is 0. The van der Waals surface area contributed by atoms with Gasteiger partial charge in [-0.05, 0) is 12.3 Å². The van der Waals surface area contributed by atoms with Crippen LogP contribution in [0.15, 0.2) is 0 Å². The molecule has 0 aromatic heterocycles. The first-order valence-electron chi connectivity index (χ1n) is 4.20. The molecule has 4 N–H and O–H groups in total. The predicted molar refractivity (Wildman–Crippen MR) is 47.4 cm³/mol. The molecule has 4 nitrogen and oxygen atoms in total. The summed E-state index contributed by atoms with van der Waals surface area (Å²) in [5.74, 6) is 0.0552. The van der Waals surface area contributed by atoms with Gasteiger partial charge in [0.05, 0.1) is 0 Å². The molecular formula is C8H18N2O2. The smallest absolute Gasteiger partial charge is 0.322 e. The van der Waals surface area contributed by atoms with E-state index in [1.165, 1.54) is 0 Å². The van der Waals surface area contributed by atoms with Crippen LogP contribution < -0.4 is 11.5 Å². The van der Waals surface area contributed by atoms with Crippen LogP contribution in [-0.2, 0) is 9.53 Å². The van der Waals surface area contributed by atoms with Crippen molar-refractivity contribution in [1.29, 1.82) is 0 Å². The second-order valence-corrected chi connectivity index (χ2v) is 3.19. The summed E-state index contributed by atoms with van der Waals surface area (Å²) in [7, 11) is 0. The Kier molecular flexibility index (Phi) is 5.66. The van der Waals surface area contributed by atoms with Crippen molar-refractivity contribution in [3.05, 3.63) is 0 Å². The molecule has 0 saturated carbocycles. The summed E-state index contributed by atoms with van der Waals surface area (Å²) < 4.78 is 4.76. The summed E-state index contributed by atoms with van der Waals surface area (Å²) in [6.45, 7) is 4.62. The Bertz CT molecular complexity index is 137. The third-order valence-corrected chi connectivity index (χ3v) is 1.39. The zero-order valence-electron chi connectivity index (χ0n) is 7.75. The predicted octanol–water partition coefficient (Wildman–Crippen LogP) is -0.138. The molecule has 12 heavy (non-hydrogen) atoms. The Morgan fingerprint density at radius 2 is 2.08 bits per heavy atom.